The van der Waals surface area contributed by atoms with Crippen molar-refractivity contribution in [3.05, 3.63) is 30.0 Å². The van der Waals surface area contributed by atoms with E-state index in [2.05, 4.69) is 9.72 Å². The number of methoxy groups -OCH3 is 1. The van der Waals surface area contributed by atoms with E-state index in [1.807, 2.05) is 7.85 Å². The number of phenolic OH excluding ortho intramolecular Hbond substituents is 1. The molecule has 80 valence electrons. The fourth-order valence-electron chi connectivity index (χ4n) is 1.64. The summed E-state index contributed by atoms with van der Waals surface area (Å²) in [7, 11) is 3.17. The number of esters is 1. The van der Waals surface area contributed by atoms with E-state index in [4.69, 9.17) is 0 Å². The van der Waals surface area contributed by atoms with Crippen LogP contribution in [0.4, 0.5) is 0 Å². The Kier molecular flexibility index (Phi) is 2.52. The predicted octanol–water partition coefficient (Wildman–Crippen LogP) is -0.0146. The van der Waals surface area contributed by atoms with E-state index in [-0.39, 0.29) is 5.75 Å². The fourth-order valence-corrected chi connectivity index (χ4v) is 1.64. The maximum absolute atomic E-state index is 11.3. The van der Waals surface area contributed by atoms with Crippen LogP contribution in [-0.2, 0) is 4.74 Å². The van der Waals surface area contributed by atoms with Gasteiger partial charge in [-0.3, -0.25) is 4.98 Å². The molecule has 0 bridgehead atoms. The lowest BCUT2D eigenvalue weighted by Gasteiger charge is -2.04. The smallest absolute Gasteiger partial charge is 0.339 e. The summed E-state index contributed by atoms with van der Waals surface area (Å²) in [5, 5.41) is 10.2. The van der Waals surface area contributed by atoms with Crippen LogP contribution in [-0.4, -0.2) is 31.0 Å². The number of hydrogen-bond donors (Lipinski definition) is 1. The Labute approximate surface area is 93.3 Å². The van der Waals surface area contributed by atoms with Gasteiger partial charge in [-0.1, -0.05) is 5.46 Å². The van der Waals surface area contributed by atoms with Crippen molar-refractivity contribution in [2.45, 2.75) is 0 Å². The molecule has 5 heteroatoms. The zero-order valence-corrected chi connectivity index (χ0v) is 9.02. The summed E-state index contributed by atoms with van der Waals surface area (Å²) in [6.07, 6.45) is 1.47. The van der Waals surface area contributed by atoms with E-state index in [1.54, 1.807) is 18.2 Å². The molecule has 1 aromatic heterocycles. The lowest BCUT2D eigenvalue weighted by Crippen LogP contribution is -2.07. The number of pyridine rings is 1. The number of aromatic hydroxyl groups is 1. The van der Waals surface area contributed by atoms with E-state index >= 15 is 0 Å². The molecule has 1 aromatic carbocycles. The molecule has 0 aliphatic carbocycles. The highest BCUT2D eigenvalue weighted by Gasteiger charge is 2.08. The van der Waals surface area contributed by atoms with Gasteiger partial charge in [0.15, 0.2) is 0 Å². The Morgan fingerprint density at radius 3 is 2.88 bits per heavy atom. The minimum atomic E-state index is -0.435. The van der Waals surface area contributed by atoms with E-state index in [0.717, 1.165) is 16.4 Å². The van der Waals surface area contributed by atoms with Crippen LogP contribution in [0.1, 0.15) is 10.4 Å². The minimum absolute atomic E-state index is 0.161. The number of carbonyl (C=O) groups is 1. The number of rotatable bonds is 1. The largest absolute Gasteiger partial charge is 0.508 e. The first-order valence-electron chi connectivity index (χ1n) is 4.79. The Morgan fingerprint density at radius 1 is 1.44 bits per heavy atom. The molecule has 0 unspecified atom stereocenters. The first-order valence-corrected chi connectivity index (χ1v) is 4.79. The van der Waals surface area contributed by atoms with Crippen LogP contribution < -0.4 is 5.46 Å². The molecule has 0 saturated heterocycles. The molecule has 1 heterocycles. The van der Waals surface area contributed by atoms with Crippen molar-refractivity contribution < 1.29 is 14.6 Å². The van der Waals surface area contributed by atoms with Crippen LogP contribution >= 0.6 is 0 Å². The molecule has 2 rings (SSSR count). The van der Waals surface area contributed by atoms with Crippen molar-refractivity contribution >= 4 is 30.2 Å². The SMILES string of the molecule is Bc1cc(O)cc2cc(C(=O)OC)cnc12. The molecule has 0 radical (unpaired) electrons. The van der Waals surface area contributed by atoms with Gasteiger partial charge in [0, 0.05) is 11.6 Å². The van der Waals surface area contributed by atoms with Gasteiger partial charge < -0.3 is 9.84 Å². The molecule has 4 nitrogen and oxygen atoms in total. The van der Waals surface area contributed by atoms with Crippen LogP contribution in [0.2, 0.25) is 0 Å². The van der Waals surface area contributed by atoms with Crippen LogP contribution in [0, 0.1) is 0 Å². The summed E-state index contributed by atoms with van der Waals surface area (Å²) in [5.41, 5.74) is 2.01. The van der Waals surface area contributed by atoms with Gasteiger partial charge in [0.1, 0.15) is 13.6 Å². The zero-order valence-electron chi connectivity index (χ0n) is 9.02. The van der Waals surface area contributed by atoms with Crippen molar-refractivity contribution in [2.24, 2.45) is 0 Å². The fraction of sp³-hybridized carbons (Fsp3) is 0.0909. The molecular formula is C11H10BNO3. The summed E-state index contributed by atoms with van der Waals surface area (Å²) < 4.78 is 4.60. The van der Waals surface area contributed by atoms with Crippen LogP contribution in [0.15, 0.2) is 24.4 Å². The molecule has 16 heavy (non-hydrogen) atoms. The van der Waals surface area contributed by atoms with Gasteiger partial charge in [0.2, 0.25) is 0 Å². The van der Waals surface area contributed by atoms with Crippen molar-refractivity contribution in [3.63, 3.8) is 0 Å². The molecule has 0 fully saturated rings. The predicted molar refractivity (Wildman–Crippen MR) is 62.9 cm³/mol. The van der Waals surface area contributed by atoms with Crippen LogP contribution in [0.3, 0.4) is 0 Å². The van der Waals surface area contributed by atoms with Gasteiger partial charge in [0.25, 0.3) is 0 Å². The van der Waals surface area contributed by atoms with Crippen molar-refractivity contribution in [2.75, 3.05) is 7.11 Å². The molecule has 1 N–H and O–H groups in total. The normalized spacial score (nSPS) is 10.3. The average molecular weight is 215 g/mol. The second-order valence-electron chi connectivity index (χ2n) is 3.55. The lowest BCUT2D eigenvalue weighted by molar-refractivity contribution is 0.0600. The number of ether oxygens (including phenoxy) is 1. The molecule has 0 aliphatic heterocycles. The summed E-state index contributed by atoms with van der Waals surface area (Å²) in [4.78, 5) is 15.5. The zero-order chi connectivity index (χ0) is 11.7. The molecule has 0 amide bonds. The number of aromatic nitrogens is 1. The van der Waals surface area contributed by atoms with Gasteiger partial charge in [-0.2, -0.15) is 0 Å². The third-order valence-electron chi connectivity index (χ3n) is 2.38. The summed E-state index contributed by atoms with van der Waals surface area (Å²) >= 11 is 0. The van der Waals surface area contributed by atoms with Gasteiger partial charge in [-0.05, 0) is 18.2 Å². The molecule has 0 aliphatic rings. The number of phenols is 1. The quantitative estimate of drug-likeness (QED) is 0.536. The van der Waals surface area contributed by atoms with Crippen LogP contribution in [0.5, 0.6) is 5.75 Å². The third kappa shape index (κ3) is 1.71. The molecule has 0 saturated carbocycles. The Morgan fingerprint density at radius 2 is 2.19 bits per heavy atom. The second kappa shape index (κ2) is 3.85. The van der Waals surface area contributed by atoms with E-state index in [1.165, 1.54) is 13.3 Å². The van der Waals surface area contributed by atoms with E-state index < -0.39 is 5.97 Å². The number of carbonyl (C=O) groups excluding carboxylic acids is 1. The molecule has 2 aromatic rings. The third-order valence-corrected chi connectivity index (χ3v) is 2.38. The highest BCUT2D eigenvalue weighted by Crippen LogP contribution is 2.17. The van der Waals surface area contributed by atoms with Gasteiger partial charge in [0.05, 0.1) is 18.2 Å². The Balaban J connectivity index is 2.66. The first kappa shape index (κ1) is 10.5. The van der Waals surface area contributed by atoms with Crippen molar-refractivity contribution in [1.29, 1.82) is 0 Å². The summed E-state index contributed by atoms with van der Waals surface area (Å²) in [5.74, 6) is -0.274. The second-order valence-corrected chi connectivity index (χ2v) is 3.55. The minimum Gasteiger partial charge on any atom is -0.508 e. The standard InChI is InChI=1S/C11H10BNO3/c1-16-11(15)7-2-6-3-8(14)4-9(12)10(6)13-5-7/h2-5,14H,12H2,1H3. The monoisotopic (exact) mass is 215 g/mol. The maximum atomic E-state index is 11.3. The van der Waals surface area contributed by atoms with E-state index in [0.29, 0.717) is 5.56 Å². The number of hydrogen-bond acceptors (Lipinski definition) is 4. The highest BCUT2D eigenvalue weighted by atomic mass is 16.5. The van der Waals surface area contributed by atoms with Crippen molar-refractivity contribution in [3.8, 4) is 5.75 Å². The molecular weight excluding hydrogens is 205 g/mol. The average Bonchev–Trinajstić information content (AvgIpc) is 2.27. The number of benzene rings is 1. The number of fused-ring (bicyclic) bond motifs is 1. The summed E-state index contributed by atoms with van der Waals surface area (Å²) in [6.45, 7) is 0. The first-order chi connectivity index (χ1) is 7.61. The van der Waals surface area contributed by atoms with Crippen molar-refractivity contribution in [1.82, 2.24) is 4.98 Å². The lowest BCUT2D eigenvalue weighted by atomic mass is 9.92. The van der Waals surface area contributed by atoms with E-state index in [9.17, 15) is 9.90 Å². The summed E-state index contributed by atoms with van der Waals surface area (Å²) in [6, 6.07) is 4.86. The Bertz CT molecular complexity index is 568. The Hall–Kier alpha value is -2.04. The van der Waals surface area contributed by atoms with Gasteiger partial charge >= 0.3 is 5.97 Å². The highest BCUT2D eigenvalue weighted by molar-refractivity contribution is 6.38. The maximum Gasteiger partial charge on any atom is 0.339 e. The topological polar surface area (TPSA) is 59.4 Å². The molecule has 0 spiro atoms. The van der Waals surface area contributed by atoms with Gasteiger partial charge in [-0.15, -0.1) is 0 Å². The number of nitrogens with zero attached hydrogens (tertiary/aromatic N) is 1. The van der Waals surface area contributed by atoms with Gasteiger partial charge in [-0.25, -0.2) is 4.79 Å². The van der Waals surface area contributed by atoms with Crippen LogP contribution in [0.25, 0.3) is 10.9 Å². The molecule has 0 atom stereocenters.